The Bertz CT molecular complexity index is 1870. The number of nitrogens with one attached hydrogen (secondary N) is 1. The first-order valence-electron chi connectivity index (χ1n) is 13.3. The van der Waals surface area contributed by atoms with E-state index in [4.69, 9.17) is 10.8 Å². The molecule has 0 aliphatic heterocycles. The van der Waals surface area contributed by atoms with Crippen LogP contribution < -0.4 is 11.1 Å². The first-order valence-corrected chi connectivity index (χ1v) is 16.7. The van der Waals surface area contributed by atoms with E-state index in [0.717, 1.165) is 22.7 Å². The summed E-state index contributed by atoms with van der Waals surface area (Å²) in [7, 11) is 2.54. The SMILES string of the molecule is C.C.C.COC(=O)[C@H](C)N.COC(=O)[C@H](C)NC(=O)c1cc2c(s1)C(=O)c1sccc1C2=O.Cl.O=C(O)c1cc2c(s1)C(=O)c1sccc1C2=O. The molecule has 13 nitrogen and oxygen atoms in total. The Labute approximate surface area is 316 Å². The largest absolute Gasteiger partial charge is 0.477 e. The van der Waals surface area contributed by atoms with Gasteiger partial charge in [-0.2, -0.15) is 0 Å². The van der Waals surface area contributed by atoms with E-state index in [9.17, 15) is 38.4 Å². The topological polar surface area (TPSA) is 213 Å². The fourth-order valence-electron chi connectivity index (χ4n) is 4.19. The lowest BCUT2D eigenvalue weighted by Gasteiger charge is -2.10. The van der Waals surface area contributed by atoms with Crippen molar-refractivity contribution in [1.29, 1.82) is 0 Å². The lowest BCUT2D eigenvalue weighted by Crippen LogP contribution is -2.38. The standard InChI is InChI=1S/C15H11NO5S2.C11H4O4S2.C4H9NO2.3CH4.ClH/c1-6(15(20)21-2)16-14(19)9-5-8-10(17)7-3-4-22-12(7)11(18)13(8)23-9;12-7-4-1-2-16-9(4)8(13)10-5(7)3-6(17-10)11(14)15;1-3(5)4(6)7-2;;;;/h3-6H,1-2H3,(H,16,19);1-3H,(H,14,15);3H,5H2,1-2H3;3*1H4;1H/t6-;;3-;;;;/m0.0..../s1. The highest BCUT2D eigenvalue weighted by Crippen LogP contribution is 2.37. The molecular formula is C33H37ClN2O11S4. The minimum absolute atomic E-state index is 0. The van der Waals surface area contributed by atoms with Crippen LogP contribution in [0.25, 0.3) is 0 Å². The number of carboxylic acids is 1. The van der Waals surface area contributed by atoms with Gasteiger partial charge in [-0.25, -0.2) is 9.59 Å². The normalized spacial score (nSPS) is 12.6. The van der Waals surface area contributed by atoms with Crippen molar-refractivity contribution >= 4 is 105 Å². The first kappa shape index (κ1) is 46.6. The lowest BCUT2D eigenvalue weighted by atomic mass is 9.95. The number of ketones is 4. The molecule has 0 radical (unpaired) electrons. The van der Waals surface area contributed by atoms with E-state index in [1.54, 1.807) is 29.8 Å². The summed E-state index contributed by atoms with van der Waals surface area (Å²) < 4.78 is 8.79. The smallest absolute Gasteiger partial charge is 0.345 e. The number of carbonyl (C=O) groups excluding carboxylic acids is 7. The highest BCUT2D eigenvalue weighted by Gasteiger charge is 2.35. The zero-order valence-corrected chi connectivity index (χ0v) is 29.3. The van der Waals surface area contributed by atoms with Crippen molar-refractivity contribution in [3.8, 4) is 0 Å². The lowest BCUT2D eigenvalue weighted by molar-refractivity contribution is -0.142. The number of carboxylic acid groups (broad SMARTS) is 1. The van der Waals surface area contributed by atoms with Gasteiger partial charge in [0.15, 0.2) is 11.6 Å². The third-order valence-electron chi connectivity index (χ3n) is 6.51. The molecule has 2 atom stereocenters. The van der Waals surface area contributed by atoms with Crippen LogP contribution in [0.15, 0.2) is 35.0 Å². The molecule has 51 heavy (non-hydrogen) atoms. The molecule has 2 aliphatic rings. The number of methoxy groups -OCH3 is 2. The first-order chi connectivity index (χ1) is 22.2. The van der Waals surface area contributed by atoms with E-state index in [2.05, 4.69) is 14.8 Å². The van der Waals surface area contributed by atoms with Gasteiger partial charge in [0.2, 0.25) is 11.6 Å². The molecule has 18 heteroatoms. The highest BCUT2D eigenvalue weighted by atomic mass is 35.5. The summed E-state index contributed by atoms with van der Waals surface area (Å²) in [5, 5.41) is 14.7. The van der Waals surface area contributed by atoms with E-state index in [0.29, 0.717) is 20.9 Å². The Morgan fingerprint density at radius 3 is 1.47 bits per heavy atom. The second kappa shape index (κ2) is 19.3. The van der Waals surface area contributed by atoms with Crippen LogP contribution in [0.4, 0.5) is 0 Å². The Balaban J connectivity index is 0.000000794. The predicted molar refractivity (Wildman–Crippen MR) is 200 cm³/mol. The zero-order valence-electron chi connectivity index (χ0n) is 25.3. The molecule has 4 aromatic heterocycles. The molecule has 0 aromatic carbocycles. The maximum Gasteiger partial charge on any atom is 0.345 e. The van der Waals surface area contributed by atoms with Crippen molar-refractivity contribution in [2.24, 2.45) is 5.73 Å². The van der Waals surface area contributed by atoms with Crippen molar-refractivity contribution in [3.63, 3.8) is 0 Å². The second-order valence-electron chi connectivity index (χ2n) is 9.69. The maximum absolute atomic E-state index is 12.4. The van der Waals surface area contributed by atoms with Gasteiger partial charge in [0.05, 0.1) is 38.6 Å². The number of carbonyl (C=O) groups is 8. The molecule has 0 spiro atoms. The van der Waals surface area contributed by atoms with Crippen LogP contribution in [0.3, 0.4) is 0 Å². The van der Waals surface area contributed by atoms with E-state index >= 15 is 0 Å². The maximum atomic E-state index is 12.4. The second-order valence-corrected chi connectivity index (χ2v) is 13.6. The molecule has 276 valence electrons. The van der Waals surface area contributed by atoms with Crippen LogP contribution in [-0.4, -0.2) is 78.4 Å². The van der Waals surface area contributed by atoms with Crippen LogP contribution in [0.1, 0.15) is 116 Å². The number of rotatable bonds is 5. The van der Waals surface area contributed by atoms with Gasteiger partial charge in [0, 0.05) is 22.3 Å². The van der Waals surface area contributed by atoms with Crippen molar-refractivity contribution in [1.82, 2.24) is 5.32 Å². The number of amides is 1. The molecule has 4 N–H and O–H groups in total. The van der Waals surface area contributed by atoms with E-state index in [-0.39, 0.29) is 94.4 Å². The van der Waals surface area contributed by atoms with E-state index in [1.807, 2.05) is 0 Å². The third-order valence-corrected chi connectivity index (χ3v) is 10.6. The molecule has 1 amide bonds. The molecule has 0 unspecified atom stereocenters. The van der Waals surface area contributed by atoms with Gasteiger partial charge in [-0.05, 0) is 48.9 Å². The molecule has 6 rings (SSSR count). The number of hydrogen-bond donors (Lipinski definition) is 3. The molecule has 0 saturated carbocycles. The Kier molecular flexibility index (Phi) is 17.6. The molecular weight excluding hydrogens is 764 g/mol. The highest BCUT2D eigenvalue weighted by molar-refractivity contribution is 7.19. The van der Waals surface area contributed by atoms with Crippen molar-refractivity contribution in [2.45, 2.75) is 48.2 Å². The molecule has 4 heterocycles. The van der Waals surface area contributed by atoms with Gasteiger partial charge >= 0.3 is 17.9 Å². The van der Waals surface area contributed by atoms with Crippen LogP contribution in [0.2, 0.25) is 0 Å². The molecule has 4 aromatic rings. The summed E-state index contributed by atoms with van der Waals surface area (Å²) in [6.07, 6.45) is 0. The number of halogens is 1. The van der Waals surface area contributed by atoms with Gasteiger partial charge in [0.25, 0.3) is 5.91 Å². The van der Waals surface area contributed by atoms with Crippen molar-refractivity contribution in [3.05, 3.63) is 86.5 Å². The number of hydrogen-bond acceptors (Lipinski definition) is 15. The van der Waals surface area contributed by atoms with Crippen molar-refractivity contribution < 1.29 is 52.9 Å². The van der Waals surface area contributed by atoms with E-state index in [1.165, 1.54) is 55.9 Å². The number of aromatic carboxylic acids is 1. The zero-order chi connectivity index (χ0) is 34.7. The number of esters is 2. The van der Waals surface area contributed by atoms with Crippen LogP contribution in [0.5, 0.6) is 0 Å². The summed E-state index contributed by atoms with van der Waals surface area (Å²) in [5.74, 6) is -3.60. The van der Waals surface area contributed by atoms with Crippen LogP contribution in [0, 0.1) is 0 Å². The Hall–Kier alpha value is -4.39. The summed E-state index contributed by atoms with van der Waals surface area (Å²) in [6, 6.07) is 4.58. The fourth-order valence-corrected chi connectivity index (χ4v) is 7.94. The van der Waals surface area contributed by atoms with Gasteiger partial charge in [0.1, 0.15) is 17.0 Å². The average Bonchev–Trinajstić information content (AvgIpc) is 3.87. The van der Waals surface area contributed by atoms with Gasteiger partial charge in [-0.15, -0.1) is 57.8 Å². The number of ether oxygens (including phenoxy) is 2. The molecule has 2 aliphatic carbocycles. The quantitative estimate of drug-likeness (QED) is 0.171. The van der Waals surface area contributed by atoms with Gasteiger partial charge < -0.3 is 25.6 Å². The Morgan fingerprint density at radius 1 is 0.686 bits per heavy atom. The summed E-state index contributed by atoms with van der Waals surface area (Å²) in [5.41, 5.74) is 6.27. The number of fused-ring (bicyclic) bond motifs is 4. The third kappa shape index (κ3) is 9.49. The van der Waals surface area contributed by atoms with Crippen LogP contribution >= 0.6 is 57.8 Å². The minimum Gasteiger partial charge on any atom is -0.477 e. The Morgan fingerprint density at radius 2 is 1.10 bits per heavy atom. The summed E-state index contributed by atoms with van der Waals surface area (Å²) >= 11 is 4.23. The van der Waals surface area contributed by atoms with E-state index < -0.39 is 29.9 Å². The molecule has 0 fully saturated rings. The summed E-state index contributed by atoms with van der Waals surface area (Å²) in [4.78, 5) is 94.9. The minimum atomic E-state index is -1.12. The monoisotopic (exact) mass is 800 g/mol. The van der Waals surface area contributed by atoms with Crippen LogP contribution in [-0.2, 0) is 19.1 Å². The molecule has 0 saturated heterocycles. The van der Waals surface area contributed by atoms with Crippen molar-refractivity contribution in [2.75, 3.05) is 14.2 Å². The number of nitrogens with two attached hydrogens (primary N) is 1. The van der Waals surface area contributed by atoms with Gasteiger partial charge in [-0.3, -0.25) is 28.8 Å². The van der Waals surface area contributed by atoms with Gasteiger partial charge in [-0.1, -0.05) is 22.3 Å². The summed E-state index contributed by atoms with van der Waals surface area (Å²) in [6.45, 7) is 3.07. The number of thiophene rings is 4. The molecule has 0 bridgehead atoms. The average molecular weight is 801 g/mol. The fraction of sp³-hybridized carbons (Fsp3) is 0.273. The predicted octanol–water partition coefficient (Wildman–Crippen LogP) is 6.00.